The summed E-state index contributed by atoms with van der Waals surface area (Å²) in [6.07, 6.45) is 0.994. The molecule has 0 radical (unpaired) electrons. The van der Waals surface area contributed by atoms with Gasteiger partial charge >= 0.3 is 0 Å². The lowest BCUT2D eigenvalue weighted by molar-refractivity contribution is 0.0730. The van der Waals surface area contributed by atoms with Crippen molar-refractivity contribution in [2.45, 2.75) is 31.3 Å². The Morgan fingerprint density at radius 2 is 1.68 bits per heavy atom. The highest BCUT2D eigenvalue weighted by Gasteiger charge is 2.27. The van der Waals surface area contributed by atoms with E-state index in [1.54, 1.807) is 12.1 Å². The lowest BCUT2D eigenvalue weighted by atomic mass is 10.2. The summed E-state index contributed by atoms with van der Waals surface area (Å²) in [7, 11) is -3.54. The molecule has 182 valence electrons. The lowest BCUT2D eigenvalue weighted by Crippen LogP contribution is -2.46. The largest absolute Gasteiger partial charge is 0.379 e. The van der Waals surface area contributed by atoms with Gasteiger partial charge in [-0.15, -0.1) is 0 Å². The van der Waals surface area contributed by atoms with Crippen molar-refractivity contribution in [3.63, 3.8) is 0 Å². The van der Waals surface area contributed by atoms with Crippen molar-refractivity contribution < 1.29 is 13.2 Å². The van der Waals surface area contributed by atoms with Gasteiger partial charge in [-0.1, -0.05) is 25.1 Å². The van der Waals surface area contributed by atoms with Crippen LogP contribution in [0.15, 0.2) is 53.4 Å². The summed E-state index contributed by atoms with van der Waals surface area (Å²) < 4.78 is 35.4. The van der Waals surface area contributed by atoms with E-state index in [4.69, 9.17) is 9.72 Å². The first kappa shape index (κ1) is 23.3. The number of para-hydroxylation sites is 1. The van der Waals surface area contributed by atoms with Crippen LogP contribution in [-0.4, -0.2) is 79.7 Å². The number of aromatic nitrogens is 2. The number of hydrogen-bond donors (Lipinski definition) is 0. The number of piperazine rings is 1. The fourth-order valence-corrected chi connectivity index (χ4v) is 6.28. The van der Waals surface area contributed by atoms with Crippen molar-refractivity contribution in [3.05, 3.63) is 54.4 Å². The van der Waals surface area contributed by atoms with Crippen LogP contribution >= 0.6 is 0 Å². The Labute approximate surface area is 201 Å². The van der Waals surface area contributed by atoms with E-state index in [-0.39, 0.29) is 0 Å². The van der Waals surface area contributed by atoms with Crippen LogP contribution in [0.25, 0.3) is 11.0 Å². The molecule has 0 amide bonds. The Hall–Kier alpha value is -2.46. The molecule has 9 heteroatoms. The predicted molar refractivity (Wildman–Crippen MR) is 134 cm³/mol. The number of aryl methyl sites for hydroxylation is 1. The number of hydrogen-bond acceptors (Lipinski definition) is 6. The fourth-order valence-electron chi connectivity index (χ4n) is 4.85. The molecule has 8 nitrogen and oxygen atoms in total. The van der Waals surface area contributed by atoms with Crippen molar-refractivity contribution in [1.29, 1.82) is 0 Å². The van der Waals surface area contributed by atoms with E-state index in [0.29, 0.717) is 31.2 Å². The average Bonchev–Trinajstić information content (AvgIpc) is 3.22. The molecule has 0 aliphatic carbocycles. The second-order valence-electron chi connectivity index (χ2n) is 8.95. The van der Waals surface area contributed by atoms with Gasteiger partial charge in [-0.05, 0) is 36.8 Å². The third kappa shape index (κ3) is 4.70. The summed E-state index contributed by atoms with van der Waals surface area (Å²) in [6, 6.07) is 15.9. The van der Waals surface area contributed by atoms with Crippen LogP contribution in [0.1, 0.15) is 19.2 Å². The van der Waals surface area contributed by atoms with E-state index in [9.17, 15) is 8.42 Å². The summed E-state index contributed by atoms with van der Waals surface area (Å²) in [5, 5.41) is 0. The first-order valence-electron chi connectivity index (χ1n) is 12.2. The maximum Gasteiger partial charge on any atom is 0.243 e. The molecule has 2 saturated heterocycles. The molecule has 3 heterocycles. The maximum atomic E-state index is 13.1. The molecule has 2 aliphatic heterocycles. The van der Waals surface area contributed by atoms with Crippen LogP contribution in [0.5, 0.6) is 0 Å². The number of ether oxygens (including phenoxy) is 1. The molecule has 3 aromatic rings. The molecule has 0 bridgehead atoms. The number of rotatable bonds is 7. The second-order valence-corrected chi connectivity index (χ2v) is 10.9. The SMILES string of the molecule is CCCn1c(CN2CCN(c3ccccc3)CC2)nc2cc(S(=O)(=O)N3CCOCC3)ccc21. The molecule has 0 N–H and O–H groups in total. The Balaban J connectivity index is 1.35. The van der Waals surface area contributed by atoms with Gasteiger partial charge in [-0.2, -0.15) is 4.31 Å². The molecular formula is C25H33N5O3S. The molecule has 0 unspecified atom stereocenters. The molecule has 0 saturated carbocycles. The monoisotopic (exact) mass is 483 g/mol. The number of morpholine rings is 1. The number of anilines is 1. The van der Waals surface area contributed by atoms with E-state index in [1.807, 2.05) is 6.07 Å². The highest BCUT2D eigenvalue weighted by atomic mass is 32.2. The number of nitrogens with zero attached hydrogens (tertiary/aromatic N) is 5. The molecule has 0 atom stereocenters. The van der Waals surface area contributed by atoms with Gasteiger partial charge < -0.3 is 14.2 Å². The van der Waals surface area contributed by atoms with E-state index < -0.39 is 10.0 Å². The maximum absolute atomic E-state index is 13.1. The first-order valence-corrected chi connectivity index (χ1v) is 13.6. The quantitative estimate of drug-likeness (QED) is 0.515. The highest BCUT2D eigenvalue weighted by molar-refractivity contribution is 7.89. The minimum atomic E-state index is -3.54. The average molecular weight is 484 g/mol. The Morgan fingerprint density at radius 3 is 2.38 bits per heavy atom. The van der Waals surface area contributed by atoms with Crippen LogP contribution in [0.4, 0.5) is 5.69 Å². The molecule has 2 fully saturated rings. The van der Waals surface area contributed by atoms with Crippen LogP contribution in [0.3, 0.4) is 0 Å². The van der Waals surface area contributed by atoms with Crippen molar-refractivity contribution in [2.75, 3.05) is 57.4 Å². The number of imidazole rings is 1. The zero-order chi connectivity index (χ0) is 23.5. The van der Waals surface area contributed by atoms with Gasteiger partial charge in [-0.3, -0.25) is 4.90 Å². The molecule has 5 rings (SSSR count). The molecule has 0 spiro atoms. The smallest absolute Gasteiger partial charge is 0.243 e. The van der Waals surface area contributed by atoms with Crippen LogP contribution in [-0.2, 0) is 27.8 Å². The summed E-state index contributed by atoms with van der Waals surface area (Å²) in [5.74, 6) is 1.01. The van der Waals surface area contributed by atoms with Gasteiger partial charge in [0.1, 0.15) is 5.82 Å². The summed E-state index contributed by atoms with van der Waals surface area (Å²) in [6.45, 7) is 9.37. The second kappa shape index (κ2) is 10.0. The van der Waals surface area contributed by atoms with Crippen molar-refractivity contribution >= 4 is 26.7 Å². The zero-order valence-electron chi connectivity index (χ0n) is 19.8. The standard InChI is InChI=1S/C25H33N5O3S/c1-2-10-30-24-9-8-22(34(31,32)29-15-17-33-18-16-29)19-23(24)26-25(30)20-27-11-13-28(14-12-27)21-6-4-3-5-7-21/h3-9,19H,2,10-18,20H2,1H3. The Bertz CT molecular complexity index is 1210. The Morgan fingerprint density at radius 1 is 0.941 bits per heavy atom. The minimum Gasteiger partial charge on any atom is -0.379 e. The van der Waals surface area contributed by atoms with Crippen LogP contribution < -0.4 is 4.90 Å². The van der Waals surface area contributed by atoms with Crippen molar-refractivity contribution in [1.82, 2.24) is 18.8 Å². The minimum absolute atomic E-state index is 0.311. The molecular weight excluding hydrogens is 450 g/mol. The summed E-state index contributed by atoms with van der Waals surface area (Å²) >= 11 is 0. The first-order chi connectivity index (χ1) is 16.6. The van der Waals surface area contributed by atoms with Crippen molar-refractivity contribution in [3.8, 4) is 0 Å². The van der Waals surface area contributed by atoms with E-state index >= 15 is 0 Å². The zero-order valence-corrected chi connectivity index (χ0v) is 20.6. The van der Waals surface area contributed by atoms with Gasteiger partial charge in [0.25, 0.3) is 0 Å². The molecule has 2 aromatic carbocycles. The molecule has 2 aliphatic rings. The molecule has 1 aromatic heterocycles. The van der Waals surface area contributed by atoms with E-state index in [2.05, 4.69) is 51.6 Å². The summed E-state index contributed by atoms with van der Waals surface area (Å²) in [5.41, 5.74) is 3.02. The molecule has 34 heavy (non-hydrogen) atoms. The third-order valence-corrected chi connectivity index (χ3v) is 8.61. The normalized spacial score (nSPS) is 18.6. The Kier molecular flexibility index (Phi) is 6.87. The van der Waals surface area contributed by atoms with Crippen LogP contribution in [0.2, 0.25) is 0 Å². The third-order valence-electron chi connectivity index (χ3n) is 6.71. The predicted octanol–water partition coefficient (Wildman–Crippen LogP) is 2.79. The van der Waals surface area contributed by atoms with Crippen LogP contribution in [0, 0.1) is 0 Å². The van der Waals surface area contributed by atoms with Gasteiger partial charge in [0.2, 0.25) is 10.0 Å². The van der Waals surface area contributed by atoms with Gasteiger partial charge in [-0.25, -0.2) is 13.4 Å². The highest BCUT2D eigenvalue weighted by Crippen LogP contribution is 2.25. The number of benzene rings is 2. The van der Waals surface area contributed by atoms with Crippen molar-refractivity contribution in [2.24, 2.45) is 0 Å². The fraction of sp³-hybridized carbons (Fsp3) is 0.480. The topological polar surface area (TPSA) is 70.9 Å². The number of fused-ring (bicyclic) bond motifs is 1. The van der Waals surface area contributed by atoms with E-state index in [0.717, 1.165) is 62.5 Å². The van der Waals surface area contributed by atoms with Gasteiger partial charge in [0.15, 0.2) is 0 Å². The lowest BCUT2D eigenvalue weighted by Gasteiger charge is -2.36. The number of sulfonamides is 1. The van der Waals surface area contributed by atoms with E-state index in [1.165, 1.54) is 9.99 Å². The summed E-state index contributed by atoms with van der Waals surface area (Å²) in [4.78, 5) is 10.1. The van der Waals surface area contributed by atoms with Gasteiger partial charge in [0.05, 0.1) is 35.7 Å². The van der Waals surface area contributed by atoms with Gasteiger partial charge in [0, 0.05) is 51.5 Å².